The Morgan fingerprint density at radius 1 is 1.13 bits per heavy atom. The lowest BCUT2D eigenvalue weighted by molar-refractivity contribution is 0.428. The first-order valence-electron chi connectivity index (χ1n) is 7.74. The van der Waals surface area contributed by atoms with Crippen LogP contribution < -0.4 is 5.32 Å². The molecule has 0 saturated carbocycles. The largest absolute Gasteiger partial charge is 0.384 e. The number of rotatable bonds is 2. The molecule has 4 heteroatoms. The summed E-state index contributed by atoms with van der Waals surface area (Å²) in [6.45, 7) is 3.03. The van der Waals surface area contributed by atoms with Crippen molar-refractivity contribution >= 4 is 11.8 Å². The molecule has 1 aromatic heterocycles. The number of benzene rings is 2. The van der Waals surface area contributed by atoms with Crippen molar-refractivity contribution in [2.45, 2.75) is 13.3 Å². The molecule has 1 aliphatic rings. The van der Waals surface area contributed by atoms with Gasteiger partial charge in [0, 0.05) is 29.4 Å². The third-order valence-corrected chi connectivity index (χ3v) is 4.00. The lowest BCUT2D eigenvalue weighted by Gasteiger charge is -2.21. The SMILES string of the molecule is Cc1ccc2c(c1)/C(=C/c1noc(-c3ccccc3)n1)NCC2. The van der Waals surface area contributed by atoms with Gasteiger partial charge in [0.25, 0.3) is 5.89 Å². The highest BCUT2D eigenvalue weighted by molar-refractivity contribution is 5.81. The summed E-state index contributed by atoms with van der Waals surface area (Å²) in [4.78, 5) is 4.48. The van der Waals surface area contributed by atoms with Crippen molar-refractivity contribution in [1.82, 2.24) is 15.5 Å². The number of hydrogen-bond acceptors (Lipinski definition) is 4. The minimum atomic E-state index is 0.540. The summed E-state index contributed by atoms with van der Waals surface area (Å²) >= 11 is 0. The van der Waals surface area contributed by atoms with Gasteiger partial charge < -0.3 is 9.84 Å². The standard InChI is InChI=1S/C19H17N3O/c1-13-7-8-14-9-10-20-17(16(14)11-13)12-18-21-19(23-22-18)15-5-3-2-4-6-15/h2-8,11-12,20H,9-10H2,1H3/b17-12-. The molecule has 1 aliphatic heterocycles. The Bertz CT molecular complexity index is 865. The van der Waals surface area contributed by atoms with Crippen molar-refractivity contribution < 1.29 is 4.52 Å². The topological polar surface area (TPSA) is 51.0 Å². The van der Waals surface area contributed by atoms with Crippen LogP contribution in [0.15, 0.2) is 53.1 Å². The number of aromatic nitrogens is 2. The highest BCUT2D eigenvalue weighted by atomic mass is 16.5. The van der Waals surface area contributed by atoms with Crippen LogP contribution in [0.1, 0.15) is 22.5 Å². The van der Waals surface area contributed by atoms with Gasteiger partial charge in [0.2, 0.25) is 0 Å². The van der Waals surface area contributed by atoms with Crippen molar-refractivity contribution in [3.63, 3.8) is 0 Å². The van der Waals surface area contributed by atoms with Gasteiger partial charge in [-0.25, -0.2) is 0 Å². The Morgan fingerprint density at radius 3 is 2.87 bits per heavy atom. The molecule has 0 amide bonds. The third-order valence-electron chi connectivity index (χ3n) is 4.00. The van der Waals surface area contributed by atoms with Gasteiger partial charge in [-0.15, -0.1) is 0 Å². The fraction of sp³-hybridized carbons (Fsp3) is 0.158. The minimum absolute atomic E-state index is 0.540. The van der Waals surface area contributed by atoms with E-state index in [2.05, 4.69) is 40.6 Å². The molecule has 4 rings (SSSR count). The quantitative estimate of drug-likeness (QED) is 0.784. The number of nitrogens with zero attached hydrogens (tertiary/aromatic N) is 2. The zero-order valence-electron chi connectivity index (χ0n) is 12.9. The molecule has 2 aromatic carbocycles. The molecule has 0 atom stereocenters. The van der Waals surface area contributed by atoms with Crippen molar-refractivity contribution in [3.8, 4) is 11.5 Å². The smallest absolute Gasteiger partial charge is 0.258 e. The number of nitrogens with one attached hydrogen (secondary N) is 1. The van der Waals surface area contributed by atoms with Crippen LogP contribution in [0.2, 0.25) is 0 Å². The van der Waals surface area contributed by atoms with Crippen LogP contribution in [0.3, 0.4) is 0 Å². The molecule has 1 N–H and O–H groups in total. The molecule has 0 saturated heterocycles. The van der Waals surface area contributed by atoms with E-state index in [-0.39, 0.29) is 0 Å². The molecule has 4 nitrogen and oxygen atoms in total. The Kier molecular flexibility index (Phi) is 3.42. The van der Waals surface area contributed by atoms with E-state index in [9.17, 15) is 0 Å². The Hall–Kier alpha value is -2.88. The van der Waals surface area contributed by atoms with Gasteiger partial charge in [0.1, 0.15) is 0 Å². The van der Waals surface area contributed by atoms with Crippen molar-refractivity contribution in [2.24, 2.45) is 0 Å². The molecule has 23 heavy (non-hydrogen) atoms. The third kappa shape index (κ3) is 2.75. The monoisotopic (exact) mass is 303 g/mol. The van der Waals surface area contributed by atoms with Gasteiger partial charge in [-0.1, -0.05) is 41.1 Å². The van der Waals surface area contributed by atoms with E-state index in [0.29, 0.717) is 11.7 Å². The molecule has 2 heterocycles. The average Bonchev–Trinajstić information content (AvgIpc) is 3.05. The summed E-state index contributed by atoms with van der Waals surface area (Å²) in [6, 6.07) is 16.4. The zero-order chi connectivity index (χ0) is 15.6. The van der Waals surface area contributed by atoms with Crippen molar-refractivity contribution in [1.29, 1.82) is 0 Å². The van der Waals surface area contributed by atoms with Gasteiger partial charge in [0.05, 0.1) is 0 Å². The summed E-state index contributed by atoms with van der Waals surface area (Å²) in [5, 5.41) is 7.52. The lowest BCUT2D eigenvalue weighted by Crippen LogP contribution is -2.22. The summed E-state index contributed by atoms with van der Waals surface area (Å²) in [5.74, 6) is 1.12. The molecular weight excluding hydrogens is 286 g/mol. The van der Waals surface area contributed by atoms with Gasteiger partial charge in [-0.2, -0.15) is 4.98 Å². The molecule has 0 aliphatic carbocycles. The molecule has 0 spiro atoms. The predicted molar refractivity (Wildman–Crippen MR) is 90.5 cm³/mol. The maximum absolute atomic E-state index is 5.37. The second-order valence-electron chi connectivity index (χ2n) is 5.72. The first kappa shape index (κ1) is 13.8. The first-order chi connectivity index (χ1) is 11.3. The number of hydrogen-bond donors (Lipinski definition) is 1. The van der Waals surface area contributed by atoms with Crippen LogP contribution in [0.4, 0.5) is 0 Å². The van der Waals surface area contributed by atoms with Crippen LogP contribution in [0.5, 0.6) is 0 Å². The van der Waals surface area contributed by atoms with Crippen LogP contribution >= 0.6 is 0 Å². The molecular formula is C19H17N3O. The molecule has 3 aromatic rings. The van der Waals surface area contributed by atoms with E-state index >= 15 is 0 Å². The van der Waals surface area contributed by atoms with Gasteiger partial charge in [0.15, 0.2) is 5.82 Å². The van der Waals surface area contributed by atoms with Crippen molar-refractivity contribution in [2.75, 3.05) is 6.54 Å². The molecule has 114 valence electrons. The van der Waals surface area contributed by atoms with Gasteiger partial charge in [-0.05, 0) is 37.1 Å². The van der Waals surface area contributed by atoms with Crippen LogP contribution in [0, 0.1) is 6.92 Å². The molecule has 0 bridgehead atoms. The molecule has 0 unspecified atom stereocenters. The normalized spacial score (nSPS) is 15.3. The van der Waals surface area contributed by atoms with E-state index in [1.54, 1.807) is 0 Å². The number of aryl methyl sites for hydroxylation is 1. The number of fused-ring (bicyclic) bond motifs is 1. The fourth-order valence-electron chi connectivity index (χ4n) is 2.84. The maximum Gasteiger partial charge on any atom is 0.258 e. The average molecular weight is 303 g/mol. The van der Waals surface area contributed by atoms with E-state index < -0.39 is 0 Å². The second kappa shape index (κ2) is 5.72. The summed E-state index contributed by atoms with van der Waals surface area (Å²) < 4.78 is 5.37. The van der Waals surface area contributed by atoms with E-state index in [1.165, 1.54) is 16.7 Å². The fourth-order valence-corrected chi connectivity index (χ4v) is 2.84. The highest BCUT2D eigenvalue weighted by Gasteiger charge is 2.15. The Labute approximate surface area is 134 Å². The Morgan fingerprint density at radius 2 is 2.00 bits per heavy atom. The summed E-state index contributed by atoms with van der Waals surface area (Å²) in [6.07, 6.45) is 2.99. The van der Waals surface area contributed by atoms with E-state index in [4.69, 9.17) is 4.52 Å². The summed E-state index contributed by atoms with van der Waals surface area (Å²) in [5.41, 5.74) is 5.80. The first-order valence-corrected chi connectivity index (χ1v) is 7.74. The second-order valence-corrected chi connectivity index (χ2v) is 5.72. The Balaban J connectivity index is 1.70. The van der Waals surface area contributed by atoms with Gasteiger partial charge in [-0.3, -0.25) is 0 Å². The summed E-state index contributed by atoms with van der Waals surface area (Å²) in [7, 11) is 0. The van der Waals surface area contributed by atoms with E-state index in [0.717, 1.165) is 24.2 Å². The lowest BCUT2D eigenvalue weighted by atomic mass is 9.96. The maximum atomic E-state index is 5.37. The van der Waals surface area contributed by atoms with Crippen LogP contribution in [0.25, 0.3) is 23.2 Å². The van der Waals surface area contributed by atoms with Crippen LogP contribution in [-0.2, 0) is 6.42 Å². The van der Waals surface area contributed by atoms with Crippen LogP contribution in [-0.4, -0.2) is 16.7 Å². The van der Waals surface area contributed by atoms with E-state index in [1.807, 2.05) is 36.4 Å². The van der Waals surface area contributed by atoms with Crippen molar-refractivity contribution in [3.05, 3.63) is 71.0 Å². The highest BCUT2D eigenvalue weighted by Crippen LogP contribution is 2.25. The molecule has 0 fully saturated rings. The molecule has 0 radical (unpaired) electrons. The predicted octanol–water partition coefficient (Wildman–Crippen LogP) is 3.69. The zero-order valence-corrected chi connectivity index (χ0v) is 12.9. The van der Waals surface area contributed by atoms with Gasteiger partial charge >= 0.3 is 0 Å². The minimum Gasteiger partial charge on any atom is -0.384 e.